The molecule has 0 unspecified atom stereocenters. The molecule has 2 aliphatic rings. The largest absolute Gasteiger partial charge is 0.394 e. The second-order valence-electron chi connectivity index (χ2n) is 6.31. The van der Waals surface area contributed by atoms with E-state index in [9.17, 15) is 15.0 Å². The molecule has 4 heterocycles. The smallest absolute Gasteiger partial charge is 0.279 e. The number of aliphatic hydroxyl groups is 2. The highest BCUT2D eigenvalue weighted by Gasteiger charge is 2.55. The van der Waals surface area contributed by atoms with E-state index in [1.807, 2.05) is 0 Å². The molecule has 0 spiro atoms. The lowest BCUT2D eigenvalue weighted by Crippen LogP contribution is -2.31. The van der Waals surface area contributed by atoms with E-state index in [2.05, 4.69) is 15.0 Å². The van der Waals surface area contributed by atoms with Crippen molar-refractivity contribution in [3.63, 3.8) is 0 Å². The summed E-state index contributed by atoms with van der Waals surface area (Å²) >= 11 is 0. The van der Waals surface area contributed by atoms with Crippen LogP contribution < -0.4 is 5.56 Å². The van der Waals surface area contributed by atoms with E-state index < -0.39 is 42.5 Å². The molecule has 4 rings (SSSR count). The van der Waals surface area contributed by atoms with Crippen molar-refractivity contribution < 1.29 is 24.4 Å². The molecule has 2 aromatic heterocycles. The van der Waals surface area contributed by atoms with Crippen molar-refractivity contribution in [2.24, 2.45) is 0 Å². The molecule has 0 aromatic carbocycles. The van der Waals surface area contributed by atoms with Crippen LogP contribution in [0.15, 0.2) is 11.1 Å². The normalized spacial score (nSPS) is 31.7. The van der Waals surface area contributed by atoms with E-state index in [0.717, 1.165) is 0 Å². The molecule has 2 aliphatic heterocycles. The van der Waals surface area contributed by atoms with Gasteiger partial charge in [-0.15, -0.1) is 0 Å². The average molecular weight is 338 g/mol. The fourth-order valence-electron chi connectivity index (χ4n) is 3.26. The molecule has 3 N–H and O–H groups in total. The average Bonchev–Trinajstić information content (AvgIpc) is 3.17. The molecule has 10 nitrogen and oxygen atoms in total. The van der Waals surface area contributed by atoms with Crippen LogP contribution in [0.4, 0.5) is 0 Å². The van der Waals surface area contributed by atoms with E-state index in [1.54, 1.807) is 18.4 Å². The van der Waals surface area contributed by atoms with Crippen LogP contribution in [-0.4, -0.2) is 60.4 Å². The van der Waals surface area contributed by atoms with Crippen LogP contribution in [0.3, 0.4) is 0 Å². The lowest BCUT2D eigenvalue weighted by molar-refractivity contribution is -0.199. The first-order chi connectivity index (χ1) is 11.4. The van der Waals surface area contributed by atoms with Gasteiger partial charge in [0.1, 0.15) is 30.7 Å². The highest BCUT2D eigenvalue weighted by molar-refractivity contribution is 5.69. The fourth-order valence-corrected chi connectivity index (χ4v) is 3.26. The van der Waals surface area contributed by atoms with Gasteiger partial charge in [-0.05, 0) is 13.8 Å². The van der Waals surface area contributed by atoms with Crippen molar-refractivity contribution in [2.45, 2.75) is 50.8 Å². The van der Waals surface area contributed by atoms with Crippen LogP contribution >= 0.6 is 0 Å². The van der Waals surface area contributed by atoms with Crippen molar-refractivity contribution in [2.75, 3.05) is 6.61 Å². The Kier molecular flexibility index (Phi) is 3.48. The fraction of sp³-hybridized carbons (Fsp3) is 0.643. The molecule has 0 bridgehead atoms. The molecule has 2 aromatic rings. The number of fused-ring (bicyclic) bond motifs is 2. The summed E-state index contributed by atoms with van der Waals surface area (Å²) in [6.45, 7) is 2.95. The summed E-state index contributed by atoms with van der Waals surface area (Å²) in [5, 5.41) is 18.8. The van der Waals surface area contributed by atoms with Crippen LogP contribution in [0.25, 0.3) is 11.2 Å². The predicted molar refractivity (Wildman–Crippen MR) is 78.9 cm³/mol. The Labute approximate surface area is 136 Å². The Bertz CT molecular complexity index is 830. The Morgan fingerprint density at radius 2 is 2.08 bits per heavy atom. The number of hydrogen-bond donors (Lipinski definition) is 3. The first-order valence-corrected chi connectivity index (χ1v) is 7.62. The van der Waals surface area contributed by atoms with E-state index >= 15 is 0 Å². The monoisotopic (exact) mass is 338 g/mol. The molecule has 2 fully saturated rings. The number of rotatable bonds is 3. The maximum atomic E-state index is 12.0. The third kappa shape index (κ3) is 2.26. The van der Waals surface area contributed by atoms with Crippen molar-refractivity contribution in [3.05, 3.63) is 22.5 Å². The van der Waals surface area contributed by atoms with Crippen molar-refractivity contribution in [1.29, 1.82) is 0 Å². The highest BCUT2D eigenvalue weighted by Crippen LogP contribution is 2.43. The summed E-state index contributed by atoms with van der Waals surface area (Å²) < 4.78 is 19.1. The molecule has 2 saturated heterocycles. The Morgan fingerprint density at radius 1 is 1.33 bits per heavy atom. The number of nitrogens with zero attached hydrogens (tertiary/aromatic N) is 3. The summed E-state index contributed by atoms with van der Waals surface area (Å²) in [5.74, 6) is -0.672. The Balaban J connectivity index is 1.80. The molecule has 0 saturated carbocycles. The van der Waals surface area contributed by atoms with E-state index in [1.165, 1.54) is 6.33 Å². The number of hydrogen-bond acceptors (Lipinski definition) is 8. The van der Waals surface area contributed by atoms with Gasteiger partial charge in [-0.25, -0.2) is 9.97 Å². The minimum absolute atomic E-state index is 0.131. The summed E-state index contributed by atoms with van der Waals surface area (Å²) in [6.07, 6.45) is -0.692. The standard InChI is InChI=1S/C14H18N4O6/c1-14(2)23-9-6(3-19)22-13(10(9)24-14)18-5-15-8-11(18)16-7(4-20)17-12(8)21/h5-6,9-10,13,19-20H,3-4H2,1-2H3,(H,16,17,21)/t6-,9-,10-,13-/m0/s1. The van der Waals surface area contributed by atoms with Crippen LogP contribution in [-0.2, 0) is 20.8 Å². The molecule has 10 heteroatoms. The van der Waals surface area contributed by atoms with Gasteiger partial charge in [0, 0.05) is 0 Å². The van der Waals surface area contributed by atoms with Gasteiger partial charge in [0.25, 0.3) is 5.56 Å². The number of aliphatic hydroxyl groups excluding tert-OH is 2. The molecule has 0 radical (unpaired) electrons. The van der Waals surface area contributed by atoms with Crippen molar-refractivity contribution in [3.8, 4) is 0 Å². The van der Waals surface area contributed by atoms with Gasteiger partial charge in [0.2, 0.25) is 0 Å². The first-order valence-electron chi connectivity index (χ1n) is 7.62. The summed E-state index contributed by atoms with van der Waals surface area (Å²) in [5.41, 5.74) is -0.0311. The predicted octanol–water partition coefficient (Wildman–Crippen LogP) is -0.978. The van der Waals surface area contributed by atoms with E-state index in [0.29, 0.717) is 0 Å². The van der Waals surface area contributed by atoms with Gasteiger partial charge in [0.05, 0.1) is 12.9 Å². The molecule has 4 atom stereocenters. The molecule has 24 heavy (non-hydrogen) atoms. The topological polar surface area (TPSA) is 132 Å². The number of H-pyrrole nitrogens is 1. The zero-order chi connectivity index (χ0) is 17.1. The third-order valence-corrected chi connectivity index (χ3v) is 4.21. The van der Waals surface area contributed by atoms with Crippen molar-refractivity contribution >= 4 is 11.2 Å². The van der Waals surface area contributed by atoms with Gasteiger partial charge in [0.15, 0.2) is 23.2 Å². The van der Waals surface area contributed by atoms with Crippen LogP contribution in [0, 0.1) is 0 Å². The Morgan fingerprint density at radius 3 is 2.79 bits per heavy atom. The molecular formula is C14H18N4O6. The van der Waals surface area contributed by atoms with Gasteiger partial charge >= 0.3 is 0 Å². The van der Waals surface area contributed by atoms with Gasteiger partial charge in [-0.3, -0.25) is 9.36 Å². The second kappa shape index (κ2) is 5.33. The van der Waals surface area contributed by atoms with Crippen LogP contribution in [0.1, 0.15) is 25.9 Å². The SMILES string of the molecule is CC1(C)O[C@@H]2[C@H](O1)[C@@H](n1cnc3c(=O)[nH]c(CO)nc31)O[C@H]2CO. The quantitative estimate of drug-likeness (QED) is 0.651. The number of ether oxygens (including phenoxy) is 3. The summed E-state index contributed by atoms with van der Waals surface area (Å²) in [4.78, 5) is 22.8. The first kappa shape index (κ1) is 15.7. The highest BCUT2D eigenvalue weighted by atomic mass is 16.8. The zero-order valence-corrected chi connectivity index (χ0v) is 13.2. The van der Waals surface area contributed by atoms with Crippen molar-refractivity contribution in [1.82, 2.24) is 19.5 Å². The van der Waals surface area contributed by atoms with E-state index in [4.69, 9.17) is 14.2 Å². The summed E-state index contributed by atoms with van der Waals surface area (Å²) in [7, 11) is 0. The number of aromatic nitrogens is 4. The Hall–Kier alpha value is -1.85. The van der Waals surface area contributed by atoms with Gasteiger partial charge in [-0.1, -0.05) is 0 Å². The zero-order valence-electron chi connectivity index (χ0n) is 13.2. The molecule has 130 valence electrons. The lowest BCUT2D eigenvalue weighted by atomic mass is 10.1. The number of imidazole rings is 1. The van der Waals surface area contributed by atoms with E-state index in [-0.39, 0.29) is 23.6 Å². The minimum atomic E-state index is -0.803. The third-order valence-electron chi connectivity index (χ3n) is 4.21. The molecular weight excluding hydrogens is 320 g/mol. The minimum Gasteiger partial charge on any atom is -0.394 e. The van der Waals surface area contributed by atoms with Gasteiger partial charge < -0.3 is 29.4 Å². The lowest BCUT2D eigenvalue weighted by Gasteiger charge is -2.24. The number of nitrogens with one attached hydrogen (secondary N) is 1. The number of aromatic amines is 1. The molecule has 0 aliphatic carbocycles. The second-order valence-corrected chi connectivity index (χ2v) is 6.31. The maximum absolute atomic E-state index is 12.0. The van der Waals surface area contributed by atoms with Gasteiger partial charge in [-0.2, -0.15) is 0 Å². The van der Waals surface area contributed by atoms with Crippen LogP contribution in [0.5, 0.6) is 0 Å². The van der Waals surface area contributed by atoms with Crippen LogP contribution in [0.2, 0.25) is 0 Å². The summed E-state index contributed by atoms with van der Waals surface area (Å²) in [6, 6.07) is 0. The molecule has 0 amide bonds. The maximum Gasteiger partial charge on any atom is 0.279 e.